The summed E-state index contributed by atoms with van der Waals surface area (Å²) in [7, 11) is 0. The standard InChI is InChI=1S/C31H42ClN5O5/c1-30(2,3)24(36-27(40)18-13-17(18)16-8-6-7-9-20(16)32)29(42)37-14-19-22(31(19,4)5)23(37)28(41)35-21(25(33)38)12-15-10-11-34-26(15)39/h6-9,15,17-19,21-24H,10-14H2,1-5H3,(H2,33,38)(H,34,39)(H,35,41)(H,36,40)/t15-,17-,18+,19-,21?,22-,23-,24?/m0/s1. The molecule has 2 aliphatic heterocycles. The molecule has 2 aliphatic carbocycles. The number of fused-ring (bicyclic) bond motifs is 1. The van der Waals surface area contributed by atoms with E-state index in [-0.39, 0.29) is 53.2 Å². The summed E-state index contributed by atoms with van der Waals surface area (Å²) in [6.07, 6.45) is 1.33. The molecule has 0 bridgehead atoms. The third kappa shape index (κ3) is 5.62. The van der Waals surface area contributed by atoms with Crippen LogP contribution in [-0.4, -0.2) is 65.7 Å². The van der Waals surface area contributed by atoms with Gasteiger partial charge in [0, 0.05) is 29.9 Å². The minimum Gasteiger partial charge on any atom is -0.368 e. The van der Waals surface area contributed by atoms with Crippen molar-refractivity contribution >= 4 is 41.1 Å². The smallest absolute Gasteiger partial charge is 0.246 e. The highest BCUT2D eigenvalue weighted by Crippen LogP contribution is 2.65. The maximum Gasteiger partial charge on any atom is 0.246 e. The van der Waals surface area contributed by atoms with Crippen LogP contribution in [0, 0.1) is 34.5 Å². The van der Waals surface area contributed by atoms with Crippen LogP contribution in [0.25, 0.3) is 0 Å². The monoisotopic (exact) mass is 599 g/mol. The first-order chi connectivity index (χ1) is 19.6. The Morgan fingerprint density at radius 2 is 1.83 bits per heavy atom. The Morgan fingerprint density at radius 1 is 1.14 bits per heavy atom. The zero-order chi connectivity index (χ0) is 30.7. The van der Waals surface area contributed by atoms with Gasteiger partial charge in [-0.1, -0.05) is 64.4 Å². The molecule has 10 nitrogen and oxygen atoms in total. The van der Waals surface area contributed by atoms with Crippen LogP contribution in [-0.2, 0) is 24.0 Å². The van der Waals surface area contributed by atoms with Crippen LogP contribution in [0.3, 0.4) is 0 Å². The Balaban J connectivity index is 1.32. The molecule has 228 valence electrons. The van der Waals surface area contributed by atoms with Crippen LogP contribution >= 0.6 is 11.6 Å². The number of rotatable bonds is 9. The number of nitrogens with one attached hydrogen (secondary N) is 3. The van der Waals surface area contributed by atoms with Gasteiger partial charge in [-0.3, -0.25) is 24.0 Å². The van der Waals surface area contributed by atoms with Gasteiger partial charge in [0.2, 0.25) is 29.5 Å². The molecule has 2 heterocycles. The molecule has 0 spiro atoms. The van der Waals surface area contributed by atoms with Crippen LogP contribution in [0.5, 0.6) is 0 Å². The molecule has 0 aromatic heterocycles. The highest BCUT2D eigenvalue weighted by atomic mass is 35.5. The summed E-state index contributed by atoms with van der Waals surface area (Å²) in [5.74, 6) is -2.52. The molecule has 2 saturated heterocycles. The number of hydrogen-bond acceptors (Lipinski definition) is 5. The average Bonchev–Trinajstić information content (AvgIpc) is 3.64. The Morgan fingerprint density at radius 3 is 2.43 bits per heavy atom. The molecular weight excluding hydrogens is 558 g/mol. The van der Waals surface area contributed by atoms with Gasteiger partial charge < -0.3 is 26.6 Å². The first-order valence-electron chi connectivity index (χ1n) is 14.9. The van der Waals surface area contributed by atoms with Crippen LogP contribution in [0.4, 0.5) is 0 Å². The van der Waals surface area contributed by atoms with E-state index in [2.05, 4.69) is 29.8 Å². The summed E-state index contributed by atoms with van der Waals surface area (Å²) >= 11 is 6.36. The second-order valence-corrected chi connectivity index (χ2v) is 14.5. The van der Waals surface area contributed by atoms with E-state index in [4.69, 9.17) is 17.3 Å². The Labute approximate surface area is 251 Å². The van der Waals surface area contributed by atoms with E-state index in [1.165, 1.54) is 0 Å². The number of carbonyl (C=O) groups is 5. The number of halogens is 1. The van der Waals surface area contributed by atoms with E-state index in [0.717, 1.165) is 5.56 Å². The van der Waals surface area contributed by atoms with E-state index < -0.39 is 41.3 Å². The number of amides is 5. The maximum atomic E-state index is 14.2. The topological polar surface area (TPSA) is 151 Å². The average molecular weight is 600 g/mol. The number of piperidine rings is 1. The summed E-state index contributed by atoms with van der Waals surface area (Å²) in [4.78, 5) is 67.3. The molecule has 5 amide bonds. The van der Waals surface area contributed by atoms with Gasteiger partial charge in [-0.15, -0.1) is 0 Å². The number of hydrogen-bond donors (Lipinski definition) is 4. The van der Waals surface area contributed by atoms with Gasteiger partial charge in [0.25, 0.3) is 0 Å². The van der Waals surface area contributed by atoms with Crippen molar-refractivity contribution in [2.24, 2.45) is 40.2 Å². The fourth-order valence-electron chi connectivity index (χ4n) is 7.14. The zero-order valence-electron chi connectivity index (χ0n) is 24.9. The van der Waals surface area contributed by atoms with Crippen molar-refractivity contribution in [1.29, 1.82) is 0 Å². The molecule has 8 atom stereocenters. The van der Waals surface area contributed by atoms with Crippen LogP contribution in [0.2, 0.25) is 5.02 Å². The van der Waals surface area contributed by atoms with E-state index in [1.807, 2.05) is 45.0 Å². The lowest BCUT2D eigenvalue weighted by Gasteiger charge is -2.38. The van der Waals surface area contributed by atoms with Gasteiger partial charge >= 0.3 is 0 Å². The molecule has 1 aromatic carbocycles. The largest absolute Gasteiger partial charge is 0.368 e. The summed E-state index contributed by atoms with van der Waals surface area (Å²) in [5.41, 5.74) is 5.78. The van der Waals surface area contributed by atoms with Crippen molar-refractivity contribution in [1.82, 2.24) is 20.9 Å². The molecule has 11 heteroatoms. The van der Waals surface area contributed by atoms with Gasteiger partial charge in [-0.2, -0.15) is 0 Å². The Bertz CT molecular complexity index is 1310. The number of benzene rings is 1. The number of carbonyl (C=O) groups excluding carboxylic acids is 5. The van der Waals surface area contributed by atoms with Crippen molar-refractivity contribution in [3.05, 3.63) is 34.9 Å². The molecule has 42 heavy (non-hydrogen) atoms. The van der Waals surface area contributed by atoms with Crippen LogP contribution in [0.1, 0.15) is 65.4 Å². The lowest BCUT2D eigenvalue weighted by molar-refractivity contribution is -0.146. The number of nitrogens with two attached hydrogens (primary N) is 1. The van der Waals surface area contributed by atoms with Gasteiger partial charge in [-0.25, -0.2) is 0 Å². The molecule has 4 aliphatic rings. The molecule has 1 aromatic rings. The first kappa shape index (κ1) is 30.3. The van der Waals surface area contributed by atoms with Crippen molar-refractivity contribution in [3.8, 4) is 0 Å². The summed E-state index contributed by atoms with van der Waals surface area (Å²) in [5, 5.41) is 9.15. The Hall–Kier alpha value is -3.14. The number of likely N-dealkylation sites (tertiary alicyclic amines) is 1. The lowest BCUT2D eigenvalue weighted by atomic mass is 9.85. The van der Waals surface area contributed by atoms with Gasteiger partial charge in [-0.05, 0) is 59.5 Å². The number of primary amides is 1. The minimum atomic E-state index is -1.03. The third-order valence-electron chi connectivity index (χ3n) is 9.93. The highest BCUT2D eigenvalue weighted by molar-refractivity contribution is 6.31. The van der Waals surface area contributed by atoms with Gasteiger partial charge in [0.15, 0.2) is 0 Å². The number of nitrogens with zero attached hydrogens (tertiary/aromatic N) is 1. The predicted octanol–water partition coefficient (Wildman–Crippen LogP) is 1.95. The lowest BCUT2D eigenvalue weighted by Crippen LogP contribution is -2.60. The maximum absolute atomic E-state index is 14.2. The Kier molecular flexibility index (Phi) is 7.83. The molecule has 2 saturated carbocycles. The molecule has 0 radical (unpaired) electrons. The van der Waals surface area contributed by atoms with E-state index in [9.17, 15) is 24.0 Å². The normalized spacial score (nSPS) is 30.5. The fraction of sp³-hybridized carbons (Fsp3) is 0.645. The molecule has 5 N–H and O–H groups in total. The molecule has 4 fully saturated rings. The fourth-order valence-corrected chi connectivity index (χ4v) is 7.41. The summed E-state index contributed by atoms with van der Waals surface area (Å²) in [6.45, 7) is 10.7. The summed E-state index contributed by atoms with van der Waals surface area (Å²) < 4.78 is 0. The van der Waals surface area contributed by atoms with E-state index in [1.54, 1.807) is 4.90 Å². The van der Waals surface area contributed by atoms with Gasteiger partial charge in [0.1, 0.15) is 18.1 Å². The second kappa shape index (κ2) is 10.8. The quantitative estimate of drug-likeness (QED) is 0.342. The van der Waals surface area contributed by atoms with E-state index >= 15 is 0 Å². The second-order valence-electron chi connectivity index (χ2n) is 14.1. The first-order valence-corrected chi connectivity index (χ1v) is 15.2. The predicted molar refractivity (Wildman–Crippen MR) is 157 cm³/mol. The molecule has 5 rings (SSSR count). The SMILES string of the molecule is CC(C)(C)C(NC(=O)[C@@H]1C[C@H]1c1ccccc1Cl)C(=O)N1C[C@H]2[C@@H]([C@H]1C(=O)NC(C[C@@H]1CCNC1=O)C(N)=O)C2(C)C. The van der Waals surface area contributed by atoms with E-state index in [0.29, 0.717) is 31.0 Å². The van der Waals surface area contributed by atoms with Gasteiger partial charge in [0.05, 0.1) is 0 Å². The third-order valence-corrected chi connectivity index (χ3v) is 10.3. The van der Waals surface area contributed by atoms with Crippen molar-refractivity contribution < 1.29 is 24.0 Å². The van der Waals surface area contributed by atoms with Crippen molar-refractivity contribution in [3.63, 3.8) is 0 Å². The minimum absolute atomic E-state index is 0.000796. The van der Waals surface area contributed by atoms with Crippen LogP contribution < -0.4 is 21.7 Å². The highest BCUT2D eigenvalue weighted by Gasteiger charge is 2.70. The van der Waals surface area contributed by atoms with Crippen LogP contribution in [0.15, 0.2) is 24.3 Å². The zero-order valence-corrected chi connectivity index (χ0v) is 25.7. The molecular formula is C31H42ClN5O5. The summed E-state index contributed by atoms with van der Waals surface area (Å²) in [6, 6.07) is 4.78. The van der Waals surface area contributed by atoms with Crippen molar-refractivity contribution in [2.75, 3.05) is 13.1 Å². The molecule has 2 unspecified atom stereocenters. The van der Waals surface area contributed by atoms with Crippen molar-refractivity contribution in [2.45, 2.75) is 77.9 Å².